The van der Waals surface area contributed by atoms with Crippen molar-refractivity contribution in [1.29, 1.82) is 0 Å². The number of nitrogens with zero attached hydrogens (tertiary/aromatic N) is 2. The third-order valence-corrected chi connectivity index (χ3v) is 5.18. The van der Waals surface area contributed by atoms with Crippen molar-refractivity contribution in [2.24, 2.45) is 23.5 Å². The minimum atomic E-state index is 0.525. The summed E-state index contributed by atoms with van der Waals surface area (Å²) in [6, 6.07) is 0. The summed E-state index contributed by atoms with van der Waals surface area (Å²) in [6.45, 7) is 7.57. The molecule has 1 fully saturated rings. The van der Waals surface area contributed by atoms with E-state index >= 15 is 0 Å². The summed E-state index contributed by atoms with van der Waals surface area (Å²) < 4.78 is 5.46. The van der Waals surface area contributed by atoms with Crippen LogP contribution < -0.4 is 5.73 Å². The van der Waals surface area contributed by atoms with Crippen molar-refractivity contribution in [2.75, 3.05) is 6.54 Å². The second-order valence-corrected chi connectivity index (χ2v) is 6.95. The Kier molecular flexibility index (Phi) is 6.22. The van der Waals surface area contributed by atoms with Crippen molar-refractivity contribution in [3.05, 3.63) is 11.7 Å². The Morgan fingerprint density at radius 2 is 2.10 bits per heavy atom. The summed E-state index contributed by atoms with van der Waals surface area (Å²) in [4.78, 5) is 4.64. The molecule has 1 saturated carbocycles. The SMILES string of the molecule is CCC1CCC(c2noc(CCC(CCN)C(C)C)n2)C1. The second-order valence-electron chi connectivity index (χ2n) is 6.95. The lowest BCUT2D eigenvalue weighted by atomic mass is 9.88. The van der Waals surface area contributed by atoms with Crippen molar-refractivity contribution in [3.8, 4) is 0 Å². The maximum Gasteiger partial charge on any atom is 0.226 e. The number of rotatable bonds is 8. The molecule has 4 nitrogen and oxygen atoms in total. The van der Waals surface area contributed by atoms with E-state index in [-0.39, 0.29) is 0 Å². The minimum absolute atomic E-state index is 0.525. The zero-order valence-electron chi connectivity index (χ0n) is 13.8. The van der Waals surface area contributed by atoms with E-state index < -0.39 is 0 Å². The summed E-state index contributed by atoms with van der Waals surface area (Å²) in [6.07, 6.45) is 8.11. The summed E-state index contributed by atoms with van der Waals surface area (Å²) in [5, 5.41) is 4.22. The fourth-order valence-electron chi connectivity index (χ4n) is 3.55. The molecule has 0 spiro atoms. The highest BCUT2D eigenvalue weighted by atomic mass is 16.5. The zero-order chi connectivity index (χ0) is 15.2. The second kappa shape index (κ2) is 7.92. The van der Waals surface area contributed by atoms with Gasteiger partial charge in [0.2, 0.25) is 5.89 Å². The molecule has 0 saturated heterocycles. The van der Waals surface area contributed by atoms with Gasteiger partial charge in [-0.25, -0.2) is 0 Å². The van der Waals surface area contributed by atoms with Gasteiger partial charge in [-0.15, -0.1) is 0 Å². The molecule has 1 aliphatic rings. The van der Waals surface area contributed by atoms with Gasteiger partial charge in [0.15, 0.2) is 5.82 Å². The summed E-state index contributed by atoms with van der Waals surface area (Å²) in [7, 11) is 0. The fourth-order valence-corrected chi connectivity index (χ4v) is 3.55. The van der Waals surface area contributed by atoms with E-state index in [0.29, 0.717) is 17.8 Å². The molecule has 2 rings (SSSR count). The zero-order valence-corrected chi connectivity index (χ0v) is 13.8. The first-order valence-corrected chi connectivity index (χ1v) is 8.66. The molecule has 0 amide bonds. The van der Waals surface area contributed by atoms with Crippen LogP contribution in [-0.2, 0) is 6.42 Å². The molecular weight excluding hydrogens is 262 g/mol. The van der Waals surface area contributed by atoms with Crippen LogP contribution in [-0.4, -0.2) is 16.7 Å². The maximum absolute atomic E-state index is 5.70. The van der Waals surface area contributed by atoms with E-state index in [2.05, 4.69) is 30.9 Å². The highest BCUT2D eigenvalue weighted by Gasteiger charge is 2.28. The Hall–Kier alpha value is -0.900. The van der Waals surface area contributed by atoms with Gasteiger partial charge in [0, 0.05) is 12.3 Å². The van der Waals surface area contributed by atoms with Gasteiger partial charge < -0.3 is 10.3 Å². The molecule has 21 heavy (non-hydrogen) atoms. The molecule has 0 radical (unpaired) electrons. The van der Waals surface area contributed by atoms with Gasteiger partial charge in [-0.2, -0.15) is 4.98 Å². The third kappa shape index (κ3) is 4.53. The number of hydrogen-bond donors (Lipinski definition) is 1. The van der Waals surface area contributed by atoms with Crippen LogP contribution in [0.4, 0.5) is 0 Å². The Bertz CT molecular complexity index is 416. The van der Waals surface area contributed by atoms with Gasteiger partial charge in [0.05, 0.1) is 0 Å². The Balaban J connectivity index is 1.85. The van der Waals surface area contributed by atoms with Crippen LogP contribution in [0.3, 0.4) is 0 Å². The lowest BCUT2D eigenvalue weighted by molar-refractivity contribution is 0.312. The van der Waals surface area contributed by atoms with Gasteiger partial charge in [0.25, 0.3) is 0 Å². The van der Waals surface area contributed by atoms with Gasteiger partial charge in [-0.3, -0.25) is 0 Å². The third-order valence-electron chi connectivity index (χ3n) is 5.18. The first-order chi connectivity index (χ1) is 10.1. The molecule has 3 unspecified atom stereocenters. The van der Waals surface area contributed by atoms with Crippen molar-refractivity contribution in [3.63, 3.8) is 0 Å². The molecular formula is C17H31N3O. The molecule has 1 aliphatic carbocycles. The number of nitrogens with two attached hydrogens (primary N) is 1. The standard InChI is InChI=1S/C17H31N3O/c1-4-13-5-6-15(11-13)17-19-16(21-20-17)8-7-14(9-10-18)12(2)3/h12-15H,4-11,18H2,1-3H3. The fraction of sp³-hybridized carbons (Fsp3) is 0.882. The van der Waals surface area contributed by atoms with Gasteiger partial charge >= 0.3 is 0 Å². The van der Waals surface area contributed by atoms with Crippen LogP contribution in [0.2, 0.25) is 0 Å². The monoisotopic (exact) mass is 293 g/mol. The van der Waals surface area contributed by atoms with E-state index in [1.807, 2.05) is 0 Å². The van der Waals surface area contributed by atoms with Gasteiger partial charge in [0.1, 0.15) is 0 Å². The lowest BCUT2D eigenvalue weighted by Gasteiger charge is -2.18. The highest BCUT2D eigenvalue weighted by Crippen LogP contribution is 2.38. The Morgan fingerprint density at radius 3 is 2.71 bits per heavy atom. The largest absolute Gasteiger partial charge is 0.339 e. The lowest BCUT2D eigenvalue weighted by Crippen LogP contribution is -2.15. The van der Waals surface area contributed by atoms with E-state index in [1.165, 1.54) is 25.7 Å². The molecule has 0 aliphatic heterocycles. The van der Waals surface area contributed by atoms with Crippen molar-refractivity contribution in [2.45, 2.75) is 71.6 Å². The summed E-state index contributed by atoms with van der Waals surface area (Å²) >= 11 is 0. The van der Waals surface area contributed by atoms with E-state index in [0.717, 1.165) is 43.4 Å². The van der Waals surface area contributed by atoms with Crippen molar-refractivity contribution < 1.29 is 4.52 Å². The van der Waals surface area contributed by atoms with Gasteiger partial charge in [-0.1, -0.05) is 32.3 Å². The highest BCUT2D eigenvalue weighted by molar-refractivity contribution is 4.99. The van der Waals surface area contributed by atoms with Crippen molar-refractivity contribution >= 4 is 0 Å². The topological polar surface area (TPSA) is 64.9 Å². The predicted molar refractivity (Wildman–Crippen MR) is 85.0 cm³/mol. The Morgan fingerprint density at radius 1 is 1.29 bits per heavy atom. The van der Waals surface area contributed by atoms with E-state index in [4.69, 9.17) is 10.3 Å². The van der Waals surface area contributed by atoms with Crippen LogP contribution in [0.25, 0.3) is 0 Å². The predicted octanol–water partition coefficient (Wildman–Crippen LogP) is 3.92. The molecule has 0 bridgehead atoms. The summed E-state index contributed by atoms with van der Waals surface area (Å²) in [5.74, 6) is 4.45. The number of aryl methyl sites for hydroxylation is 1. The van der Waals surface area contributed by atoms with Crippen LogP contribution in [0, 0.1) is 17.8 Å². The smallest absolute Gasteiger partial charge is 0.226 e. The molecule has 2 N–H and O–H groups in total. The van der Waals surface area contributed by atoms with E-state index in [9.17, 15) is 0 Å². The average Bonchev–Trinajstić information content (AvgIpc) is 3.11. The number of aromatic nitrogens is 2. The van der Waals surface area contributed by atoms with Crippen LogP contribution >= 0.6 is 0 Å². The van der Waals surface area contributed by atoms with Crippen molar-refractivity contribution in [1.82, 2.24) is 10.1 Å². The Labute approximate surface area is 128 Å². The quantitative estimate of drug-likeness (QED) is 0.789. The number of hydrogen-bond acceptors (Lipinski definition) is 4. The normalized spacial score (nSPS) is 23.9. The van der Waals surface area contributed by atoms with E-state index in [1.54, 1.807) is 0 Å². The molecule has 3 atom stereocenters. The molecule has 4 heteroatoms. The van der Waals surface area contributed by atoms with Crippen LogP contribution in [0.5, 0.6) is 0 Å². The molecule has 1 aromatic rings. The minimum Gasteiger partial charge on any atom is -0.339 e. The molecule has 0 aromatic carbocycles. The first kappa shape index (κ1) is 16.5. The van der Waals surface area contributed by atoms with Crippen LogP contribution in [0.1, 0.15) is 76.9 Å². The van der Waals surface area contributed by atoms with Gasteiger partial charge in [-0.05, 0) is 56.4 Å². The summed E-state index contributed by atoms with van der Waals surface area (Å²) in [5.41, 5.74) is 5.70. The maximum atomic E-state index is 5.70. The van der Waals surface area contributed by atoms with Crippen LogP contribution in [0.15, 0.2) is 4.52 Å². The molecule has 1 heterocycles. The first-order valence-electron chi connectivity index (χ1n) is 8.66. The average molecular weight is 293 g/mol. The molecule has 1 aromatic heterocycles. The molecule has 120 valence electrons.